The molecule has 4 nitrogen and oxygen atoms in total. The molecule has 0 saturated carbocycles. The molecule has 156 valence electrons. The Bertz CT molecular complexity index is 830. The zero-order valence-electron chi connectivity index (χ0n) is 18.1. The van der Waals surface area contributed by atoms with Crippen molar-refractivity contribution in [2.45, 2.75) is 53.0 Å². The van der Waals surface area contributed by atoms with E-state index in [0.29, 0.717) is 18.8 Å². The van der Waals surface area contributed by atoms with Crippen molar-refractivity contribution in [1.82, 2.24) is 10.2 Å². The van der Waals surface area contributed by atoms with Crippen LogP contribution in [-0.4, -0.2) is 35.1 Å². The summed E-state index contributed by atoms with van der Waals surface area (Å²) in [4.78, 5) is 27.1. The maximum atomic E-state index is 13.0. The number of hydrogen-bond acceptors (Lipinski definition) is 3. The third kappa shape index (κ3) is 7.24. The van der Waals surface area contributed by atoms with Crippen LogP contribution in [0.3, 0.4) is 0 Å². The summed E-state index contributed by atoms with van der Waals surface area (Å²) < 4.78 is 0. The van der Waals surface area contributed by atoms with E-state index in [2.05, 4.69) is 43.4 Å². The molecule has 0 bridgehead atoms. The van der Waals surface area contributed by atoms with Crippen LogP contribution in [0.5, 0.6) is 0 Å². The van der Waals surface area contributed by atoms with Gasteiger partial charge in [-0.3, -0.25) is 9.59 Å². The minimum atomic E-state index is -0.509. The molecule has 2 aromatic rings. The van der Waals surface area contributed by atoms with Crippen LogP contribution in [0.25, 0.3) is 0 Å². The Morgan fingerprint density at radius 3 is 2.28 bits per heavy atom. The Hall–Kier alpha value is -2.27. The zero-order valence-corrected chi connectivity index (χ0v) is 18.9. The third-order valence-electron chi connectivity index (χ3n) is 4.73. The third-order valence-corrected chi connectivity index (χ3v) is 5.72. The summed E-state index contributed by atoms with van der Waals surface area (Å²) >= 11 is 1.59. The highest BCUT2D eigenvalue weighted by Crippen LogP contribution is 2.18. The molecular formula is C24H32N2O2S. The number of rotatable bonds is 9. The number of nitrogens with zero attached hydrogens (tertiary/aromatic N) is 1. The van der Waals surface area contributed by atoms with Gasteiger partial charge in [-0.2, -0.15) is 0 Å². The quantitative estimate of drug-likeness (QED) is 0.664. The number of benzene rings is 2. The molecular weight excluding hydrogens is 380 g/mol. The minimum absolute atomic E-state index is 0.0142. The Balaban J connectivity index is 2.07. The normalized spacial score (nSPS) is 11.8. The van der Waals surface area contributed by atoms with Gasteiger partial charge in [0.2, 0.25) is 11.8 Å². The average molecular weight is 413 g/mol. The van der Waals surface area contributed by atoms with E-state index in [9.17, 15) is 9.59 Å². The monoisotopic (exact) mass is 412 g/mol. The van der Waals surface area contributed by atoms with Gasteiger partial charge in [0.25, 0.3) is 0 Å². The van der Waals surface area contributed by atoms with Gasteiger partial charge in [0, 0.05) is 18.8 Å². The van der Waals surface area contributed by atoms with Crippen molar-refractivity contribution < 1.29 is 9.59 Å². The molecule has 1 N–H and O–H groups in total. The van der Waals surface area contributed by atoms with E-state index in [4.69, 9.17) is 0 Å². The van der Waals surface area contributed by atoms with Crippen molar-refractivity contribution in [1.29, 1.82) is 0 Å². The van der Waals surface area contributed by atoms with Crippen LogP contribution in [0.2, 0.25) is 0 Å². The lowest BCUT2D eigenvalue weighted by atomic mass is 10.1. The molecule has 0 aliphatic rings. The van der Waals surface area contributed by atoms with E-state index in [1.165, 1.54) is 16.7 Å². The number of thioether (sulfide) groups is 1. The lowest BCUT2D eigenvalue weighted by Crippen LogP contribution is -2.48. The predicted octanol–water partition coefficient (Wildman–Crippen LogP) is 4.40. The summed E-state index contributed by atoms with van der Waals surface area (Å²) in [5.74, 6) is 0.998. The van der Waals surface area contributed by atoms with Gasteiger partial charge in [-0.05, 0) is 45.7 Å². The number of amides is 2. The van der Waals surface area contributed by atoms with Crippen molar-refractivity contribution >= 4 is 23.6 Å². The fourth-order valence-electron chi connectivity index (χ4n) is 3.40. The summed E-state index contributed by atoms with van der Waals surface area (Å²) in [6.07, 6.45) is 0. The van der Waals surface area contributed by atoms with Crippen LogP contribution >= 0.6 is 11.8 Å². The zero-order chi connectivity index (χ0) is 21.4. The maximum absolute atomic E-state index is 13.0. The molecule has 0 aliphatic carbocycles. The topological polar surface area (TPSA) is 49.4 Å². The van der Waals surface area contributed by atoms with Crippen LogP contribution in [0, 0.1) is 20.8 Å². The molecule has 0 unspecified atom stereocenters. The molecule has 0 radical (unpaired) electrons. The number of nitrogens with one attached hydrogen (secondary N) is 1. The SMILES string of the molecule is CCNC(=O)[C@H](C)N(Cc1cccc(C)c1)C(=O)CSCc1cc(C)cc(C)c1. The second-order valence-corrected chi connectivity index (χ2v) is 8.56. The van der Waals surface area contributed by atoms with Gasteiger partial charge in [0.15, 0.2) is 0 Å². The highest BCUT2D eigenvalue weighted by atomic mass is 32.2. The maximum Gasteiger partial charge on any atom is 0.242 e. The fourth-order valence-corrected chi connectivity index (χ4v) is 4.25. The van der Waals surface area contributed by atoms with Crippen LogP contribution in [-0.2, 0) is 21.9 Å². The molecule has 0 heterocycles. The molecule has 1 atom stereocenters. The molecule has 0 saturated heterocycles. The number of carbonyl (C=O) groups is 2. The second-order valence-electron chi connectivity index (χ2n) is 7.57. The van der Waals surface area contributed by atoms with Gasteiger partial charge in [0.05, 0.1) is 5.75 Å². The van der Waals surface area contributed by atoms with E-state index >= 15 is 0 Å². The molecule has 0 spiro atoms. The summed E-state index contributed by atoms with van der Waals surface area (Å²) in [6.45, 7) is 10.9. The highest BCUT2D eigenvalue weighted by molar-refractivity contribution is 7.99. The largest absolute Gasteiger partial charge is 0.355 e. The van der Waals surface area contributed by atoms with Crippen molar-refractivity contribution in [3.05, 3.63) is 70.3 Å². The predicted molar refractivity (Wildman–Crippen MR) is 122 cm³/mol. The van der Waals surface area contributed by atoms with Gasteiger partial charge in [-0.15, -0.1) is 11.8 Å². The molecule has 0 aromatic heterocycles. The fraction of sp³-hybridized carbons (Fsp3) is 0.417. The van der Waals surface area contributed by atoms with Crippen molar-refractivity contribution in [2.75, 3.05) is 12.3 Å². The van der Waals surface area contributed by atoms with E-state index in [0.717, 1.165) is 16.9 Å². The Morgan fingerprint density at radius 2 is 1.66 bits per heavy atom. The van der Waals surface area contributed by atoms with E-state index in [1.54, 1.807) is 23.6 Å². The summed E-state index contributed by atoms with van der Waals surface area (Å²) in [6, 6.07) is 14.0. The lowest BCUT2D eigenvalue weighted by molar-refractivity contribution is -0.138. The lowest BCUT2D eigenvalue weighted by Gasteiger charge is -2.28. The van der Waals surface area contributed by atoms with Gasteiger partial charge < -0.3 is 10.2 Å². The number of carbonyl (C=O) groups excluding carboxylic acids is 2. The first kappa shape index (κ1) is 23.0. The first-order chi connectivity index (χ1) is 13.8. The smallest absolute Gasteiger partial charge is 0.242 e. The highest BCUT2D eigenvalue weighted by Gasteiger charge is 2.25. The summed E-state index contributed by atoms with van der Waals surface area (Å²) in [5, 5.41) is 2.83. The average Bonchev–Trinajstić information content (AvgIpc) is 2.65. The minimum Gasteiger partial charge on any atom is -0.355 e. The molecule has 29 heavy (non-hydrogen) atoms. The van der Waals surface area contributed by atoms with E-state index < -0.39 is 6.04 Å². The van der Waals surface area contributed by atoms with Crippen LogP contribution < -0.4 is 5.32 Å². The van der Waals surface area contributed by atoms with E-state index in [-0.39, 0.29) is 11.8 Å². The Morgan fingerprint density at radius 1 is 1.00 bits per heavy atom. The van der Waals surface area contributed by atoms with Crippen LogP contribution in [0.1, 0.15) is 41.7 Å². The first-order valence-electron chi connectivity index (χ1n) is 10.1. The van der Waals surface area contributed by atoms with Crippen molar-refractivity contribution in [2.24, 2.45) is 0 Å². The van der Waals surface area contributed by atoms with Crippen molar-refractivity contribution in [3.8, 4) is 0 Å². The van der Waals surface area contributed by atoms with Crippen molar-refractivity contribution in [3.63, 3.8) is 0 Å². The molecule has 2 amide bonds. The Kier molecular flexibility index (Phi) is 8.77. The molecule has 2 rings (SSSR count). The summed E-state index contributed by atoms with van der Waals surface area (Å²) in [7, 11) is 0. The summed E-state index contributed by atoms with van der Waals surface area (Å²) in [5.41, 5.74) is 5.87. The standard InChI is InChI=1S/C24H32N2O2S/c1-6-25-24(28)20(5)26(14-21-9-7-8-17(2)11-21)23(27)16-29-15-22-12-18(3)10-19(4)13-22/h7-13,20H,6,14-16H2,1-5H3,(H,25,28)/t20-/m0/s1. The van der Waals surface area contributed by atoms with Gasteiger partial charge in [-0.25, -0.2) is 0 Å². The Labute approximate surface area is 179 Å². The molecule has 0 fully saturated rings. The molecule has 0 aliphatic heterocycles. The van der Waals surface area contributed by atoms with Crippen LogP contribution in [0.4, 0.5) is 0 Å². The van der Waals surface area contributed by atoms with Gasteiger partial charge in [-0.1, -0.05) is 59.2 Å². The first-order valence-corrected chi connectivity index (χ1v) is 11.2. The van der Waals surface area contributed by atoms with Crippen LogP contribution in [0.15, 0.2) is 42.5 Å². The number of likely N-dealkylation sites (N-methyl/N-ethyl adjacent to an activating group) is 1. The van der Waals surface area contributed by atoms with Gasteiger partial charge >= 0.3 is 0 Å². The molecule has 5 heteroatoms. The van der Waals surface area contributed by atoms with E-state index in [1.807, 2.05) is 32.0 Å². The number of aryl methyl sites for hydroxylation is 3. The van der Waals surface area contributed by atoms with Gasteiger partial charge in [0.1, 0.15) is 6.04 Å². The molecule has 2 aromatic carbocycles. The second kappa shape index (κ2) is 11.1. The number of hydrogen-bond donors (Lipinski definition) is 1.